The van der Waals surface area contributed by atoms with E-state index in [1.807, 2.05) is 6.07 Å². The highest BCUT2D eigenvalue weighted by Gasteiger charge is 2.12. The van der Waals surface area contributed by atoms with Gasteiger partial charge in [-0.3, -0.25) is 4.79 Å². The van der Waals surface area contributed by atoms with Gasteiger partial charge in [0.1, 0.15) is 12.1 Å². The van der Waals surface area contributed by atoms with E-state index in [4.69, 9.17) is 0 Å². The molecule has 0 bridgehead atoms. The molecule has 1 heterocycles. The molecule has 0 spiro atoms. The fourth-order valence-electron chi connectivity index (χ4n) is 2.23. The topological polar surface area (TPSA) is 72.7 Å². The third-order valence-corrected chi connectivity index (χ3v) is 4.53. The van der Waals surface area contributed by atoms with Crippen molar-refractivity contribution in [1.29, 1.82) is 0 Å². The van der Waals surface area contributed by atoms with E-state index in [9.17, 15) is 9.18 Å². The van der Waals surface area contributed by atoms with E-state index in [0.717, 1.165) is 17.1 Å². The number of aromatic nitrogens is 4. The number of rotatable bonds is 7. The Morgan fingerprint density at radius 2 is 1.96 bits per heavy atom. The molecule has 6 nitrogen and oxygen atoms in total. The maximum Gasteiger partial charge on any atom is 0.253 e. The number of thioether (sulfide) groups is 1. The summed E-state index contributed by atoms with van der Waals surface area (Å²) in [6.45, 7) is 0.553. The quantitative estimate of drug-likeness (QED) is 0.520. The van der Waals surface area contributed by atoms with E-state index in [2.05, 4.69) is 20.8 Å². The standard InChI is InChI=1S/C17H16FN5OS/c18-13-6-8-14(9-7-13)25-11-3-10-19-17(24)15-4-1-2-5-16(15)23-12-20-21-22-23/h1-2,4-9,12H,3,10-11H2,(H,19,24). The van der Waals surface area contributed by atoms with Crippen LogP contribution in [0.4, 0.5) is 4.39 Å². The molecule has 1 N–H and O–H groups in total. The van der Waals surface area contributed by atoms with Crippen LogP contribution in [-0.4, -0.2) is 38.4 Å². The Morgan fingerprint density at radius 1 is 1.16 bits per heavy atom. The van der Waals surface area contributed by atoms with Gasteiger partial charge in [0.15, 0.2) is 0 Å². The molecule has 0 saturated heterocycles. The van der Waals surface area contributed by atoms with Crippen molar-refractivity contribution in [1.82, 2.24) is 25.5 Å². The molecular weight excluding hydrogens is 341 g/mol. The number of carbonyl (C=O) groups excluding carboxylic acids is 1. The predicted molar refractivity (Wildman–Crippen MR) is 93.2 cm³/mol. The zero-order chi connectivity index (χ0) is 17.5. The third kappa shape index (κ3) is 4.63. The molecule has 3 rings (SSSR count). The van der Waals surface area contributed by atoms with Crippen LogP contribution in [0, 0.1) is 5.82 Å². The van der Waals surface area contributed by atoms with E-state index in [1.54, 1.807) is 42.1 Å². The van der Waals surface area contributed by atoms with E-state index < -0.39 is 0 Å². The molecule has 0 radical (unpaired) electrons. The van der Waals surface area contributed by atoms with Gasteiger partial charge in [0.2, 0.25) is 0 Å². The van der Waals surface area contributed by atoms with E-state index in [-0.39, 0.29) is 11.7 Å². The van der Waals surface area contributed by atoms with E-state index in [1.165, 1.54) is 23.1 Å². The maximum absolute atomic E-state index is 12.8. The smallest absolute Gasteiger partial charge is 0.253 e. The Hall–Kier alpha value is -2.74. The molecule has 25 heavy (non-hydrogen) atoms. The van der Waals surface area contributed by atoms with Crippen molar-refractivity contribution in [3.63, 3.8) is 0 Å². The molecule has 0 aliphatic heterocycles. The molecule has 0 unspecified atom stereocenters. The second kappa shape index (κ2) is 8.39. The SMILES string of the molecule is O=C(NCCCSc1ccc(F)cc1)c1ccccc1-n1cnnn1. The summed E-state index contributed by atoms with van der Waals surface area (Å²) < 4.78 is 14.3. The van der Waals surface area contributed by atoms with Crippen LogP contribution in [-0.2, 0) is 0 Å². The monoisotopic (exact) mass is 357 g/mol. The molecular formula is C17H16FN5OS. The number of para-hydroxylation sites is 1. The Morgan fingerprint density at radius 3 is 2.72 bits per heavy atom. The Bertz CT molecular complexity index is 823. The first-order valence-corrected chi connectivity index (χ1v) is 8.71. The third-order valence-electron chi connectivity index (χ3n) is 3.43. The second-order valence-electron chi connectivity index (χ2n) is 5.18. The van der Waals surface area contributed by atoms with Crippen molar-refractivity contribution >= 4 is 17.7 Å². The number of carbonyl (C=O) groups is 1. The molecule has 0 aliphatic carbocycles. The highest BCUT2D eigenvalue weighted by Crippen LogP contribution is 2.18. The highest BCUT2D eigenvalue weighted by molar-refractivity contribution is 7.99. The average Bonchev–Trinajstić information content (AvgIpc) is 3.17. The van der Waals surface area contributed by atoms with E-state index in [0.29, 0.717) is 17.8 Å². The van der Waals surface area contributed by atoms with Gasteiger partial charge in [-0.25, -0.2) is 4.39 Å². The number of hydrogen-bond acceptors (Lipinski definition) is 5. The van der Waals surface area contributed by atoms with Crippen LogP contribution in [0.25, 0.3) is 5.69 Å². The summed E-state index contributed by atoms with van der Waals surface area (Å²) in [5.74, 6) is 0.427. The van der Waals surface area contributed by atoms with Gasteiger partial charge in [0.05, 0.1) is 11.3 Å². The largest absolute Gasteiger partial charge is 0.352 e. The molecule has 0 aliphatic rings. The van der Waals surface area contributed by atoms with Crippen molar-refractivity contribution in [2.75, 3.05) is 12.3 Å². The van der Waals surface area contributed by atoms with Crippen molar-refractivity contribution < 1.29 is 9.18 Å². The van der Waals surface area contributed by atoms with Crippen LogP contribution in [0.3, 0.4) is 0 Å². The Labute approximate surface area is 148 Å². The summed E-state index contributed by atoms with van der Waals surface area (Å²) in [5, 5.41) is 13.9. The molecule has 3 aromatic rings. The number of nitrogens with one attached hydrogen (secondary N) is 1. The number of hydrogen-bond donors (Lipinski definition) is 1. The summed E-state index contributed by atoms with van der Waals surface area (Å²) in [6, 6.07) is 13.5. The zero-order valence-electron chi connectivity index (χ0n) is 13.3. The first-order valence-electron chi connectivity index (χ1n) is 7.73. The van der Waals surface area contributed by atoms with Crippen molar-refractivity contribution in [2.45, 2.75) is 11.3 Å². The average molecular weight is 357 g/mol. The van der Waals surface area contributed by atoms with Gasteiger partial charge in [0, 0.05) is 11.4 Å². The fourth-order valence-corrected chi connectivity index (χ4v) is 3.08. The van der Waals surface area contributed by atoms with Crippen molar-refractivity contribution in [3.8, 4) is 5.69 Å². The van der Waals surface area contributed by atoms with Crippen molar-refractivity contribution in [2.24, 2.45) is 0 Å². The number of benzene rings is 2. The van der Waals surface area contributed by atoms with Gasteiger partial charge in [0.25, 0.3) is 5.91 Å². The van der Waals surface area contributed by atoms with Gasteiger partial charge in [-0.15, -0.1) is 16.9 Å². The lowest BCUT2D eigenvalue weighted by Gasteiger charge is -2.09. The van der Waals surface area contributed by atoms with Crippen LogP contribution in [0.15, 0.2) is 59.8 Å². The summed E-state index contributed by atoms with van der Waals surface area (Å²) in [4.78, 5) is 13.4. The molecule has 8 heteroatoms. The van der Waals surface area contributed by atoms with Crippen LogP contribution in [0.5, 0.6) is 0 Å². The fraction of sp³-hybridized carbons (Fsp3) is 0.176. The second-order valence-corrected chi connectivity index (χ2v) is 6.35. The molecule has 1 amide bonds. The summed E-state index contributed by atoms with van der Waals surface area (Å²) >= 11 is 1.63. The minimum absolute atomic E-state index is 0.169. The minimum Gasteiger partial charge on any atom is -0.352 e. The Balaban J connectivity index is 1.49. The molecule has 0 saturated carbocycles. The molecule has 0 fully saturated rings. The summed E-state index contributed by atoms with van der Waals surface area (Å²) in [5.41, 5.74) is 1.15. The van der Waals surface area contributed by atoms with E-state index >= 15 is 0 Å². The predicted octanol–water partition coefficient (Wildman–Crippen LogP) is 2.71. The lowest BCUT2D eigenvalue weighted by Crippen LogP contribution is -2.26. The summed E-state index contributed by atoms with van der Waals surface area (Å²) in [7, 11) is 0. The van der Waals surface area contributed by atoms with Crippen LogP contribution < -0.4 is 5.32 Å². The number of tetrazole rings is 1. The van der Waals surface area contributed by atoms with Crippen molar-refractivity contribution in [3.05, 3.63) is 66.2 Å². The summed E-state index contributed by atoms with van der Waals surface area (Å²) in [6.07, 6.45) is 2.26. The van der Waals surface area contributed by atoms with Gasteiger partial charge >= 0.3 is 0 Å². The molecule has 1 aromatic heterocycles. The maximum atomic E-state index is 12.8. The van der Waals surface area contributed by atoms with Gasteiger partial charge in [-0.05, 0) is 59.0 Å². The molecule has 2 aromatic carbocycles. The van der Waals surface area contributed by atoms with Crippen LogP contribution >= 0.6 is 11.8 Å². The molecule has 128 valence electrons. The molecule has 0 atom stereocenters. The number of amides is 1. The first kappa shape index (κ1) is 17.1. The Kier molecular flexibility index (Phi) is 5.73. The lowest BCUT2D eigenvalue weighted by molar-refractivity contribution is 0.0953. The van der Waals surface area contributed by atoms with Gasteiger partial charge in [-0.1, -0.05) is 12.1 Å². The van der Waals surface area contributed by atoms with Crippen LogP contribution in [0.1, 0.15) is 16.8 Å². The normalized spacial score (nSPS) is 10.6. The number of nitrogens with zero attached hydrogens (tertiary/aromatic N) is 4. The minimum atomic E-state index is -0.238. The van der Waals surface area contributed by atoms with Gasteiger partial charge < -0.3 is 5.32 Å². The van der Waals surface area contributed by atoms with Gasteiger partial charge in [-0.2, -0.15) is 4.68 Å². The zero-order valence-corrected chi connectivity index (χ0v) is 14.1. The first-order chi connectivity index (χ1) is 12.2. The number of halogens is 1. The van der Waals surface area contributed by atoms with Crippen LogP contribution in [0.2, 0.25) is 0 Å². The highest BCUT2D eigenvalue weighted by atomic mass is 32.2. The lowest BCUT2D eigenvalue weighted by atomic mass is 10.1.